The fraction of sp³-hybridized carbons (Fsp3) is 0.0714. The Morgan fingerprint density at radius 3 is 2.53 bits per heavy atom. The van der Waals surface area contributed by atoms with E-state index in [0.717, 1.165) is 5.56 Å². The topological polar surface area (TPSA) is 23.8 Å². The van der Waals surface area contributed by atoms with E-state index in [9.17, 15) is 0 Å². The van der Waals surface area contributed by atoms with Gasteiger partial charge in [0.25, 0.3) is 0 Å². The highest BCUT2D eigenvalue weighted by atomic mass is 14.2. The Labute approximate surface area is 90.7 Å². The van der Waals surface area contributed by atoms with Crippen LogP contribution < -0.4 is 0 Å². The van der Waals surface area contributed by atoms with Crippen LogP contribution in [-0.2, 0) is 0 Å². The second kappa shape index (κ2) is 6.39. The Hall–Kier alpha value is -2.07. The van der Waals surface area contributed by atoms with Crippen molar-refractivity contribution in [1.82, 2.24) is 0 Å². The minimum absolute atomic E-state index is 0.191. The van der Waals surface area contributed by atoms with Gasteiger partial charge < -0.3 is 0 Å². The Bertz CT molecular complexity index is 393. The van der Waals surface area contributed by atoms with Crippen LogP contribution in [0.4, 0.5) is 0 Å². The highest BCUT2D eigenvalue weighted by Gasteiger charge is 1.94. The van der Waals surface area contributed by atoms with Crippen LogP contribution in [0.2, 0.25) is 0 Å². The molecule has 0 aliphatic carbocycles. The second-order valence-electron chi connectivity index (χ2n) is 3.05. The Morgan fingerprint density at radius 2 is 1.93 bits per heavy atom. The molecule has 1 unspecified atom stereocenters. The predicted octanol–water partition coefficient (Wildman–Crippen LogP) is 3.58. The Kier molecular flexibility index (Phi) is 4.69. The average Bonchev–Trinajstić information content (AvgIpc) is 2.31. The van der Waals surface area contributed by atoms with Crippen molar-refractivity contribution in [3.05, 3.63) is 66.8 Å². The van der Waals surface area contributed by atoms with Crippen LogP contribution in [0.15, 0.2) is 61.2 Å². The molecule has 1 rings (SSSR count). The number of benzene rings is 1. The molecule has 1 aromatic rings. The monoisotopic (exact) mass is 195 g/mol. The van der Waals surface area contributed by atoms with Crippen molar-refractivity contribution in [1.29, 1.82) is 5.26 Å². The standard InChI is InChI=1S/C14H13N/c1-2-3-7-14(12-15)11-10-13-8-5-4-6-9-13/h2-11,14H,1H2. The first-order valence-corrected chi connectivity index (χ1v) is 4.79. The smallest absolute Gasteiger partial charge is 0.0830 e. The Balaban J connectivity index is 2.68. The molecule has 74 valence electrons. The lowest BCUT2D eigenvalue weighted by molar-refractivity contribution is 1.09. The quantitative estimate of drug-likeness (QED) is 0.673. The number of nitrogens with zero attached hydrogens (tertiary/aromatic N) is 1. The lowest BCUT2D eigenvalue weighted by Crippen LogP contribution is -1.84. The molecule has 1 aromatic carbocycles. The van der Waals surface area contributed by atoms with Crippen molar-refractivity contribution in [3.8, 4) is 6.07 Å². The summed E-state index contributed by atoms with van der Waals surface area (Å²) in [4.78, 5) is 0. The Morgan fingerprint density at radius 1 is 1.20 bits per heavy atom. The van der Waals surface area contributed by atoms with Crippen molar-refractivity contribution in [2.45, 2.75) is 0 Å². The summed E-state index contributed by atoms with van der Waals surface area (Å²) in [6.45, 7) is 3.56. The van der Waals surface area contributed by atoms with Crippen LogP contribution in [0.25, 0.3) is 6.08 Å². The molecule has 0 spiro atoms. The maximum absolute atomic E-state index is 8.84. The van der Waals surface area contributed by atoms with E-state index in [-0.39, 0.29) is 5.92 Å². The van der Waals surface area contributed by atoms with Gasteiger partial charge in [-0.15, -0.1) is 0 Å². The zero-order valence-electron chi connectivity index (χ0n) is 8.51. The van der Waals surface area contributed by atoms with Gasteiger partial charge in [-0.1, -0.05) is 67.3 Å². The van der Waals surface area contributed by atoms with Crippen LogP contribution in [0.5, 0.6) is 0 Å². The second-order valence-corrected chi connectivity index (χ2v) is 3.05. The van der Waals surface area contributed by atoms with Gasteiger partial charge in [0.05, 0.1) is 12.0 Å². The van der Waals surface area contributed by atoms with Gasteiger partial charge in [-0.2, -0.15) is 5.26 Å². The molecule has 0 heterocycles. The largest absolute Gasteiger partial charge is 0.197 e. The lowest BCUT2D eigenvalue weighted by atomic mass is 10.1. The molecule has 0 radical (unpaired) electrons. The molecule has 0 aliphatic heterocycles. The van der Waals surface area contributed by atoms with Crippen molar-refractivity contribution in [2.75, 3.05) is 0 Å². The summed E-state index contributed by atoms with van der Waals surface area (Å²) in [5, 5.41) is 8.84. The molecule has 15 heavy (non-hydrogen) atoms. The molecular formula is C14H13N. The molecular weight excluding hydrogens is 182 g/mol. The lowest BCUT2D eigenvalue weighted by Gasteiger charge is -1.94. The zero-order chi connectivity index (χ0) is 10.9. The van der Waals surface area contributed by atoms with Gasteiger partial charge >= 0.3 is 0 Å². The molecule has 0 fully saturated rings. The number of allylic oxidation sites excluding steroid dienone is 4. The van der Waals surface area contributed by atoms with E-state index in [1.807, 2.05) is 48.6 Å². The third-order valence-electron chi connectivity index (χ3n) is 1.90. The third-order valence-corrected chi connectivity index (χ3v) is 1.90. The van der Waals surface area contributed by atoms with Gasteiger partial charge in [-0.3, -0.25) is 0 Å². The van der Waals surface area contributed by atoms with E-state index >= 15 is 0 Å². The highest BCUT2D eigenvalue weighted by molar-refractivity contribution is 5.50. The average molecular weight is 195 g/mol. The van der Waals surface area contributed by atoms with E-state index in [1.165, 1.54) is 0 Å². The summed E-state index contributed by atoms with van der Waals surface area (Å²) in [5.74, 6) is -0.191. The van der Waals surface area contributed by atoms with Crippen LogP contribution in [0.1, 0.15) is 5.56 Å². The van der Waals surface area contributed by atoms with Gasteiger partial charge in [-0.25, -0.2) is 0 Å². The number of hydrogen-bond acceptors (Lipinski definition) is 1. The molecule has 0 aromatic heterocycles. The van der Waals surface area contributed by atoms with Crippen molar-refractivity contribution in [2.24, 2.45) is 5.92 Å². The summed E-state index contributed by atoms with van der Waals surface area (Å²) in [5.41, 5.74) is 1.10. The van der Waals surface area contributed by atoms with E-state index in [1.54, 1.807) is 12.2 Å². The minimum Gasteiger partial charge on any atom is -0.197 e. The summed E-state index contributed by atoms with van der Waals surface area (Å²) < 4.78 is 0. The highest BCUT2D eigenvalue weighted by Crippen LogP contribution is 2.06. The number of nitriles is 1. The first-order chi connectivity index (χ1) is 7.36. The van der Waals surface area contributed by atoms with Crippen molar-refractivity contribution in [3.63, 3.8) is 0 Å². The first kappa shape index (κ1) is 11.0. The minimum atomic E-state index is -0.191. The SMILES string of the molecule is C=CC=CC(C#N)C=Cc1ccccc1. The van der Waals surface area contributed by atoms with E-state index in [4.69, 9.17) is 5.26 Å². The summed E-state index contributed by atoms with van der Waals surface area (Å²) in [6, 6.07) is 12.1. The van der Waals surface area contributed by atoms with Crippen LogP contribution in [0, 0.1) is 17.2 Å². The normalized spacial score (nSPS) is 12.7. The maximum atomic E-state index is 8.84. The molecule has 1 heteroatoms. The van der Waals surface area contributed by atoms with Gasteiger partial charge in [0.2, 0.25) is 0 Å². The first-order valence-electron chi connectivity index (χ1n) is 4.79. The van der Waals surface area contributed by atoms with Gasteiger partial charge in [-0.05, 0) is 5.56 Å². The molecule has 0 N–H and O–H groups in total. The molecule has 0 aliphatic rings. The number of rotatable bonds is 4. The molecule has 0 saturated heterocycles. The van der Waals surface area contributed by atoms with Gasteiger partial charge in [0.15, 0.2) is 0 Å². The van der Waals surface area contributed by atoms with Gasteiger partial charge in [0, 0.05) is 0 Å². The maximum Gasteiger partial charge on any atom is 0.0830 e. The molecule has 0 bridgehead atoms. The summed E-state index contributed by atoms with van der Waals surface area (Å²) in [6.07, 6.45) is 9.08. The van der Waals surface area contributed by atoms with Crippen LogP contribution >= 0.6 is 0 Å². The van der Waals surface area contributed by atoms with Crippen molar-refractivity contribution >= 4 is 6.08 Å². The predicted molar refractivity (Wildman–Crippen MR) is 63.9 cm³/mol. The van der Waals surface area contributed by atoms with E-state index < -0.39 is 0 Å². The molecule has 1 atom stereocenters. The third kappa shape index (κ3) is 4.10. The summed E-state index contributed by atoms with van der Waals surface area (Å²) in [7, 11) is 0. The van der Waals surface area contributed by atoms with Crippen LogP contribution in [-0.4, -0.2) is 0 Å². The molecule has 1 nitrogen and oxygen atoms in total. The van der Waals surface area contributed by atoms with Gasteiger partial charge in [0.1, 0.15) is 0 Å². The zero-order valence-corrected chi connectivity index (χ0v) is 8.51. The van der Waals surface area contributed by atoms with Crippen LogP contribution in [0.3, 0.4) is 0 Å². The van der Waals surface area contributed by atoms with E-state index in [2.05, 4.69) is 12.6 Å². The molecule has 0 saturated carbocycles. The van der Waals surface area contributed by atoms with Crippen molar-refractivity contribution < 1.29 is 0 Å². The fourth-order valence-corrected chi connectivity index (χ4v) is 1.13. The summed E-state index contributed by atoms with van der Waals surface area (Å²) >= 11 is 0. The fourth-order valence-electron chi connectivity index (χ4n) is 1.13. The van der Waals surface area contributed by atoms with E-state index in [0.29, 0.717) is 0 Å². The molecule has 0 amide bonds. The number of hydrogen-bond donors (Lipinski definition) is 0.